The summed E-state index contributed by atoms with van der Waals surface area (Å²) >= 11 is 0. The lowest BCUT2D eigenvalue weighted by Crippen LogP contribution is -2.23. The van der Waals surface area contributed by atoms with Gasteiger partial charge in [0, 0.05) is 11.8 Å². The van der Waals surface area contributed by atoms with Gasteiger partial charge in [-0.15, -0.1) is 0 Å². The first kappa shape index (κ1) is 11.6. The second-order valence-electron chi connectivity index (χ2n) is 4.88. The van der Waals surface area contributed by atoms with Crippen LogP contribution in [0.3, 0.4) is 0 Å². The fraction of sp³-hybridized carbons (Fsp3) is 0.833. The Labute approximate surface area is 87.0 Å². The van der Waals surface area contributed by atoms with Crippen LogP contribution in [0, 0.1) is 5.41 Å². The molecule has 2 heteroatoms. The van der Waals surface area contributed by atoms with E-state index in [0.29, 0.717) is 6.61 Å². The molecule has 0 atom stereocenters. The lowest BCUT2D eigenvalue weighted by molar-refractivity contribution is 0.0591. The molecule has 1 aliphatic rings. The van der Waals surface area contributed by atoms with E-state index in [4.69, 9.17) is 9.84 Å². The second-order valence-corrected chi connectivity index (χ2v) is 4.88. The van der Waals surface area contributed by atoms with E-state index in [1.165, 1.54) is 19.3 Å². The zero-order chi connectivity index (χ0) is 10.4. The number of aliphatic hydroxyl groups is 1. The van der Waals surface area contributed by atoms with Crippen molar-refractivity contribution in [3.8, 4) is 0 Å². The summed E-state index contributed by atoms with van der Waals surface area (Å²) in [6.07, 6.45) is 8.27. The average molecular weight is 198 g/mol. The molecule has 14 heavy (non-hydrogen) atoms. The van der Waals surface area contributed by atoms with Crippen molar-refractivity contribution >= 4 is 0 Å². The first-order valence-corrected chi connectivity index (χ1v) is 5.57. The van der Waals surface area contributed by atoms with E-state index in [0.717, 1.165) is 18.6 Å². The van der Waals surface area contributed by atoms with E-state index in [1.54, 1.807) is 0 Å². The summed E-state index contributed by atoms with van der Waals surface area (Å²) in [5, 5.41) is 9.08. The maximum Gasteiger partial charge on any atom is 0.0950 e. The molecule has 0 unspecified atom stereocenters. The highest BCUT2D eigenvalue weighted by Crippen LogP contribution is 2.21. The summed E-state index contributed by atoms with van der Waals surface area (Å²) in [6, 6.07) is 0. The summed E-state index contributed by atoms with van der Waals surface area (Å²) in [5.74, 6) is 1.13. The van der Waals surface area contributed by atoms with Gasteiger partial charge in [0.25, 0.3) is 0 Å². The third kappa shape index (κ3) is 4.14. The third-order valence-electron chi connectivity index (χ3n) is 2.58. The number of hydrogen-bond acceptors (Lipinski definition) is 2. The van der Waals surface area contributed by atoms with Gasteiger partial charge < -0.3 is 9.84 Å². The Morgan fingerprint density at radius 2 is 2.14 bits per heavy atom. The second kappa shape index (κ2) is 5.40. The van der Waals surface area contributed by atoms with Gasteiger partial charge >= 0.3 is 0 Å². The monoisotopic (exact) mass is 198 g/mol. The van der Waals surface area contributed by atoms with Crippen LogP contribution >= 0.6 is 0 Å². The Morgan fingerprint density at radius 3 is 2.86 bits per heavy atom. The zero-order valence-electron chi connectivity index (χ0n) is 9.38. The van der Waals surface area contributed by atoms with Crippen molar-refractivity contribution in [2.24, 2.45) is 5.41 Å². The van der Waals surface area contributed by atoms with Crippen LogP contribution in [0.4, 0.5) is 0 Å². The summed E-state index contributed by atoms with van der Waals surface area (Å²) in [5.41, 5.74) is -0.118. The topological polar surface area (TPSA) is 29.5 Å². The number of allylic oxidation sites excluding steroid dienone is 2. The average Bonchev–Trinajstić information content (AvgIpc) is 2.43. The van der Waals surface area contributed by atoms with Crippen molar-refractivity contribution in [2.45, 2.75) is 46.0 Å². The van der Waals surface area contributed by atoms with Gasteiger partial charge in [0.15, 0.2) is 0 Å². The maximum absolute atomic E-state index is 9.08. The molecule has 0 heterocycles. The molecule has 0 aromatic heterocycles. The SMILES string of the molecule is CC(C)(CO)COC1=CCCCCC1. The van der Waals surface area contributed by atoms with Crippen LogP contribution in [0.1, 0.15) is 46.0 Å². The van der Waals surface area contributed by atoms with Crippen LogP contribution in [0.15, 0.2) is 11.8 Å². The summed E-state index contributed by atoms with van der Waals surface area (Å²) < 4.78 is 5.72. The fourth-order valence-electron chi connectivity index (χ4n) is 1.45. The van der Waals surface area contributed by atoms with Crippen molar-refractivity contribution in [1.29, 1.82) is 0 Å². The Kier molecular flexibility index (Phi) is 4.46. The molecule has 0 saturated carbocycles. The van der Waals surface area contributed by atoms with Crippen molar-refractivity contribution in [3.05, 3.63) is 11.8 Å². The van der Waals surface area contributed by atoms with Gasteiger partial charge in [0.1, 0.15) is 0 Å². The van der Waals surface area contributed by atoms with E-state index in [9.17, 15) is 0 Å². The van der Waals surface area contributed by atoms with Gasteiger partial charge in [-0.25, -0.2) is 0 Å². The highest BCUT2D eigenvalue weighted by molar-refractivity contribution is 4.95. The zero-order valence-corrected chi connectivity index (χ0v) is 9.38. The number of rotatable bonds is 4. The largest absolute Gasteiger partial charge is 0.498 e. The van der Waals surface area contributed by atoms with E-state index in [1.807, 2.05) is 13.8 Å². The minimum Gasteiger partial charge on any atom is -0.498 e. The lowest BCUT2D eigenvalue weighted by Gasteiger charge is -2.22. The normalized spacial score (nSPS) is 18.6. The van der Waals surface area contributed by atoms with Crippen LogP contribution in [-0.4, -0.2) is 18.3 Å². The molecule has 0 fully saturated rings. The molecule has 0 aromatic carbocycles. The first-order valence-electron chi connectivity index (χ1n) is 5.57. The lowest BCUT2D eigenvalue weighted by atomic mass is 9.96. The van der Waals surface area contributed by atoms with Crippen molar-refractivity contribution in [2.75, 3.05) is 13.2 Å². The number of ether oxygens (including phenoxy) is 1. The van der Waals surface area contributed by atoms with Crippen LogP contribution < -0.4 is 0 Å². The summed E-state index contributed by atoms with van der Waals surface area (Å²) in [4.78, 5) is 0. The molecule has 0 aromatic rings. The molecule has 0 radical (unpaired) electrons. The number of hydrogen-bond donors (Lipinski definition) is 1. The van der Waals surface area contributed by atoms with Gasteiger partial charge in [-0.2, -0.15) is 0 Å². The third-order valence-corrected chi connectivity index (χ3v) is 2.58. The summed E-state index contributed by atoms with van der Waals surface area (Å²) in [7, 11) is 0. The molecule has 1 N–H and O–H groups in total. The Morgan fingerprint density at radius 1 is 1.36 bits per heavy atom. The smallest absolute Gasteiger partial charge is 0.0950 e. The molecule has 0 saturated heterocycles. The standard InChI is InChI=1S/C12H22O2/c1-12(2,9-13)10-14-11-7-5-3-4-6-8-11/h7,13H,3-6,8-10H2,1-2H3. The predicted octanol–water partition coefficient (Wildman–Crippen LogP) is 2.87. The van der Waals surface area contributed by atoms with E-state index in [2.05, 4.69) is 6.08 Å². The molecule has 0 spiro atoms. The molecular formula is C12H22O2. The molecule has 0 amide bonds. The summed E-state index contributed by atoms with van der Waals surface area (Å²) in [6.45, 7) is 4.84. The van der Waals surface area contributed by atoms with Crippen LogP contribution in [0.2, 0.25) is 0 Å². The molecule has 0 aliphatic heterocycles. The van der Waals surface area contributed by atoms with Crippen LogP contribution in [0.5, 0.6) is 0 Å². The highest BCUT2D eigenvalue weighted by Gasteiger charge is 2.18. The van der Waals surface area contributed by atoms with Crippen molar-refractivity contribution in [1.82, 2.24) is 0 Å². The molecule has 0 bridgehead atoms. The minimum atomic E-state index is -0.118. The van der Waals surface area contributed by atoms with Gasteiger partial charge in [-0.05, 0) is 25.3 Å². The maximum atomic E-state index is 9.08. The molecule has 2 nitrogen and oxygen atoms in total. The minimum absolute atomic E-state index is 0.118. The predicted molar refractivity (Wildman–Crippen MR) is 58.0 cm³/mol. The van der Waals surface area contributed by atoms with Crippen LogP contribution in [-0.2, 0) is 4.74 Å². The van der Waals surface area contributed by atoms with Crippen molar-refractivity contribution < 1.29 is 9.84 Å². The molecule has 1 aliphatic carbocycles. The highest BCUT2D eigenvalue weighted by atomic mass is 16.5. The van der Waals surface area contributed by atoms with E-state index in [-0.39, 0.29) is 12.0 Å². The first-order chi connectivity index (χ1) is 6.64. The van der Waals surface area contributed by atoms with E-state index >= 15 is 0 Å². The van der Waals surface area contributed by atoms with Gasteiger partial charge in [-0.1, -0.05) is 20.3 Å². The molecule has 1 rings (SSSR count). The van der Waals surface area contributed by atoms with Crippen molar-refractivity contribution in [3.63, 3.8) is 0 Å². The quantitative estimate of drug-likeness (QED) is 0.752. The Balaban J connectivity index is 2.32. The molecule has 82 valence electrons. The Hall–Kier alpha value is -0.500. The molecular weight excluding hydrogens is 176 g/mol. The van der Waals surface area contributed by atoms with Gasteiger partial charge in [0.05, 0.1) is 19.0 Å². The Bertz CT molecular complexity index is 194. The fourth-order valence-corrected chi connectivity index (χ4v) is 1.45. The van der Waals surface area contributed by atoms with Crippen LogP contribution in [0.25, 0.3) is 0 Å². The van der Waals surface area contributed by atoms with E-state index < -0.39 is 0 Å². The van der Waals surface area contributed by atoms with Gasteiger partial charge in [0.2, 0.25) is 0 Å². The number of aliphatic hydroxyl groups excluding tert-OH is 1. The van der Waals surface area contributed by atoms with Gasteiger partial charge in [-0.3, -0.25) is 0 Å².